The van der Waals surface area contributed by atoms with E-state index in [1.807, 2.05) is 42.6 Å². The smallest absolute Gasteiger partial charge is 0.390 e. The minimum Gasteiger partial charge on any atom is -0.390 e. The van der Waals surface area contributed by atoms with Crippen molar-refractivity contribution in [3.05, 3.63) is 111 Å². The van der Waals surface area contributed by atoms with E-state index in [2.05, 4.69) is 20.6 Å². The van der Waals surface area contributed by atoms with Gasteiger partial charge in [-0.15, -0.1) is 11.3 Å². The third kappa shape index (κ3) is 8.77. The van der Waals surface area contributed by atoms with Crippen LogP contribution in [0.3, 0.4) is 0 Å². The van der Waals surface area contributed by atoms with Crippen molar-refractivity contribution in [3.63, 3.8) is 0 Å². The highest BCUT2D eigenvalue weighted by molar-refractivity contribution is 7.09. The average molecular weight is 681 g/mol. The molecule has 3 heterocycles. The Morgan fingerprint density at radius 2 is 1.81 bits per heavy atom. The predicted octanol–water partition coefficient (Wildman–Crippen LogP) is 5.40. The van der Waals surface area contributed by atoms with Gasteiger partial charge in [-0.1, -0.05) is 48.5 Å². The minimum atomic E-state index is -4.46. The fourth-order valence-corrected chi connectivity index (χ4v) is 6.63. The maximum atomic E-state index is 13.8. The average Bonchev–Trinajstić information content (AvgIpc) is 3.73. The fourth-order valence-electron chi connectivity index (χ4n) is 5.69. The Labute approximate surface area is 281 Å². The molecular formula is C35H39F3N6O3S. The van der Waals surface area contributed by atoms with Gasteiger partial charge in [0.15, 0.2) is 0 Å². The molecule has 254 valence electrons. The summed E-state index contributed by atoms with van der Waals surface area (Å²) in [6.45, 7) is 2.57. The quantitative estimate of drug-likeness (QED) is 0.184. The van der Waals surface area contributed by atoms with Crippen LogP contribution in [0.5, 0.6) is 0 Å². The van der Waals surface area contributed by atoms with Crippen LogP contribution in [0.25, 0.3) is 0 Å². The third-order valence-electron chi connectivity index (χ3n) is 8.20. The summed E-state index contributed by atoms with van der Waals surface area (Å²) in [4.78, 5) is 40.3. The van der Waals surface area contributed by atoms with Crippen LogP contribution >= 0.6 is 11.3 Å². The van der Waals surface area contributed by atoms with Crippen LogP contribution < -0.4 is 15.5 Å². The van der Waals surface area contributed by atoms with Crippen LogP contribution in [0.2, 0.25) is 0 Å². The van der Waals surface area contributed by atoms with E-state index in [1.165, 1.54) is 23.5 Å². The maximum Gasteiger partial charge on any atom is 0.416 e. The number of nitrogens with zero attached hydrogens (tertiary/aromatic N) is 4. The number of rotatable bonds is 12. The molecule has 0 spiro atoms. The molecule has 1 unspecified atom stereocenters. The van der Waals surface area contributed by atoms with Crippen molar-refractivity contribution >= 4 is 29.0 Å². The number of carbonyl (C=O) groups excluding carboxylic acids is 2. The summed E-state index contributed by atoms with van der Waals surface area (Å²) in [6.07, 6.45) is -3.64. The number of likely N-dealkylation sites (tertiary alicyclic amines) is 1. The van der Waals surface area contributed by atoms with Crippen LogP contribution in [-0.2, 0) is 19.1 Å². The van der Waals surface area contributed by atoms with Gasteiger partial charge in [0.1, 0.15) is 16.5 Å². The summed E-state index contributed by atoms with van der Waals surface area (Å²) in [6, 6.07) is 16.5. The van der Waals surface area contributed by atoms with Gasteiger partial charge in [-0.25, -0.2) is 9.97 Å². The Balaban J connectivity index is 1.34. The Kier molecular flexibility index (Phi) is 11.1. The van der Waals surface area contributed by atoms with Crippen LogP contribution in [0.15, 0.2) is 72.1 Å². The van der Waals surface area contributed by atoms with Crippen LogP contribution in [0.1, 0.15) is 67.1 Å². The Hall–Kier alpha value is -4.33. The van der Waals surface area contributed by atoms with Gasteiger partial charge in [0.25, 0.3) is 11.8 Å². The molecule has 3 N–H and O–H groups in total. The van der Waals surface area contributed by atoms with E-state index in [0.717, 1.165) is 41.2 Å². The topological polar surface area (TPSA) is 111 Å². The number of halogens is 3. The summed E-state index contributed by atoms with van der Waals surface area (Å²) < 4.78 is 39.5. The second-order valence-electron chi connectivity index (χ2n) is 12.1. The van der Waals surface area contributed by atoms with E-state index in [9.17, 15) is 27.9 Å². The summed E-state index contributed by atoms with van der Waals surface area (Å²) in [5.74, 6) is -0.363. The van der Waals surface area contributed by atoms with E-state index in [-0.39, 0.29) is 36.3 Å². The Morgan fingerprint density at radius 1 is 1.06 bits per heavy atom. The van der Waals surface area contributed by atoms with E-state index in [1.54, 1.807) is 36.0 Å². The fraction of sp³-hybridized carbons (Fsp3) is 0.371. The summed E-state index contributed by atoms with van der Waals surface area (Å²) in [5.41, 5.74) is 1.78. The number of hydrogen-bond acceptors (Lipinski definition) is 8. The molecule has 2 amide bonds. The minimum absolute atomic E-state index is 0.00360. The van der Waals surface area contributed by atoms with Gasteiger partial charge >= 0.3 is 6.18 Å². The normalized spacial score (nSPS) is 16.1. The molecule has 1 fully saturated rings. The maximum absolute atomic E-state index is 13.8. The molecule has 0 saturated carbocycles. The second-order valence-corrected chi connectivity index (χ2v) is 13.0. The highest BCUT2D eigenvalue weighted by Gasteiger charge is 2.34. The molecule has 1 aliphatic rings. The van der Waals surface area contributed by atoms with Crippen molar-refractivity contribution in [2.24, 2.45) is 0 Å². The number of nitrogens with one attached hydrogen (secondary N) is 2. The number of aliphatic hydroxyl groups excluding tert-OH is 1. The van der Waals surface area contributed by atoms with Crippen molar-refractivity contribution in [1.82, 2.24) is 25.5 Å². The molecular weight excluding hydrogens is 641 g/mol. The third-order valence-corrected chi connectivity index (χ3v) is 9.27. The first-order valence-corrected chi connectivity index (χ1v) is 16.6. The molecule has 9 nitrogen and oxygen atoms in total. The molecule has 0 radical (unpaired) electrons. The molecule has 0 bridgehead atoms. The Morgan fingerprint density at radius 3 is 2.50 bits per heavy atom. The summed E-state index contributed by atoms with van der Waals surface area (Å²) >= 11 is 1.52. The molecule has 0 aliphatic carbocycles. The van der Waals surface area contributed by atoms with Gasteiger partial charge in [0.2, 0.25) is 0 Å². The number of pyridine rings is 1. The highest BCUT2D eigenvalue weighted by atomic mass is 32.1. The number of carbonyl (C=O) groups is 2. The predicted molar refractivity (Wildman–Crippen MR) is 179 cm³/mol. The standard InChI is InChI=1S/C35H39F3N6O3S/c1-22-21-48-33(40-22)29-13-8-14-44(29)34(47)28-17-25(18-31(41-28)43(2)3)32(46)42-27(16-23-9-5-4-6-10-23)30(45)20-39-19-24-11-7-12-26(15-24)35(36,37)38/h4-7,9-12,15,17-18,21,27,29-30,39,45H,8,13-14,16,19-20H2,1-3H3,(H,42,46)/t27-,29?,30+/m0/s1. The van der Waals surface area contributed by atoms with Gasteiger partial charge in [-0.3, -0.25) is 9.59 Å². The number of aryl methyl sites for hydroxylation is 1. The van der Waals surface area contributed by atoms with E-state index in [0.29, 0.717) is 24.3 Å². The van der Waals surface area contributed by atoms with Gasteiger partial charge in [0, 0.05) is 50.4 Å². The van der Waals surface area contributed by atoms with Gasteiger partial charge < -0.3 is 25.5 Å². The zero-order valence-corrected chi connectivity index (χ0v) is 27.8. The monoisotopic (exact) mass is 680 g/mol. The number of benzene rings is 2. The molecule has 2 aromatic heterocycles. The van der Waals surface area contributed by atoms with E-state index >= 15 is 0 Å². The number of alkyl halides is 3. The number of amides is 2. The first kappa shape index (κ1) is 35.0. The van der Waals surface area contributed by atoms with Crippen LogP contribution in [0.4, 0.5) is 19.0 Å². The first-order chi connectivity index (χ1) is 22.9. The van der Waals surface area contributed by atoms with Crippen molar-refractivity contribution in [3.8, 4) is 0 Å². The van der Waals surface area contributed by atoms with Crippen LogP contribution in [0, 0.1) is 6.92 Å². The number of anilines is 1. The first-order valence-electron chi connectivity index (χ1n) is 15.7. The van der Waals surface area contributed by atoms with Crippen molar-refractivity contribution < 1.29 is 27.9 Å². The van der Waals surface area contributed by atoms with Gasteiger partial charge in [-0.05, 0) is 55.5 Å². The lowest BCUT2D eigenvalue weighted by Crippen LogP contribution is -2.48. The SMILES string of the molecule is Cc1csc(C2CCCN2C(=O)c2cc(C(=O)N[C@@H](Cc3ccccc3)[C@H](O)CNCc3cccc(C(F)(F)F)c3)cc(N(C)C)n2)n1. The molecule has 13 heteroatoms. The van der Waals surface area contributed by atoms with E-state index in [4.69, 9.17) is 0 Å². The lowest BCUT2D eigenvalue weighted by molar-refractivity contribution is -0.137. The largest absolute Gasteiger partial charge is 0.416 e. The molecule has 48 heavy (non-hydrogen) atoms. The number of thiazole rings is 1. The highest BCUT2D eigenvalue weighted by Crippen LogP contribution is 2.35. The lowest BCUT2D eigenvalue weighted by Gasteiger charge is -2.26. The van der Waals surface area contributed by atoms with Crippen molar-refractivity contribution in [2.45, 2.75) is 57.1 Å². The zero-order chi connectivity index (χ0) is 34.4. The zero-order valence-electron chi connectivity index (χ0n) is 27.0. The molecule has 4 aromatic rings. The molecule has 1 saturated heterocycles. The molecule has 2 aromatic carbocycles. The van der Waals surface area contributed by atoms with Crippen molar-refractivity contribution in [2.75, 3.05) is 32.1 Å². The van der Waals surface area contributed by atoms with Crippen LogP contribution in [-0.4, -0.2) is 71.1 Å². The van der Waals surface area contributed by atoms with Crippen molar-refractivity contribution in [1.29, 1.82) is 0 Å². The molecule has 3 atom stereocenters. The lowest BCUT2D eigenvalue weighted by atomic mass is 10.00. The van der Waals surface area contributed by atoms with Gasteiger partial charge in [0.05, 0.1) is 23.8 Å². The number of hydrogen-bond donors (Lipinski definition) is 3. The summed E-state index contributed by atoms with van der Waals surface area (Å²) in [5, 5.41) is 20.0. The second kappa shape index (κ2) is 15.3. The Bertz CT molecular complexity index is 1720. The molecule has 1 aliphatic heterocycles. The van der Waals surface area contributed by atoms with Gasteiger partial charge in [-0.2, -0.15) is 13.2 Å². The summed E-state index contributed by atoms with van der Waals surface area (Å²) in [7, 11) is 3.54. The van der Waals surface area contributed by atoms with E-state index < -0.39 is 29.8 Å². The number of aliphatic hydroxyl groups is 1. The molecule has 5 rings (SSSR count). The number of aromatic nitrogens is 2.